The fourth-order valence-corrected chi connectivity index (χ4v) is 2.89. The van der Waals surface area contributed by atoms with Gasteiger partial charge in [0, 0.05) is 5.69 Å². The molecule has 1 fully saturated rings. The second-order valence-corrected chi connectivity index (χ2v) is 5.32. The maximum atomic E-state index is 11.8. The maximum absolute atomic E-state index is 11.8. The Morgan fingerprint density at radius 3 is 2.89 bits per heavy atom. The second kappa shape index (κ2) is 5.33. The van der Waals surface area contributed by atoms with Gasteiger partial charge in [-0.3, -0.25) is 9.48 Å². The molecule has 2 atom stereocenters. The molecule has 0 saturated heterocycles. The van der Waals surface area contributed by atoms with E-state index in [9.17, 15) is 4.79 Å². The minimum atomic E-state index is -0.844. The van der Waals surface area contributed by atoms with Gasteiger partial charge in [-0.05, 0) is 38.2 Å². The van der Waals surface area contributed by atoms with E-state index in [1.54, 1.807) is 0 Å². The molecule has 0 amide bonds. The number of esters is 1. The van der Waals surface area contributed by atoms with Crippen molar-refractivity contribution in [3.05, 3.63) is 17.5 Å². The minimum Gasteiger partial charge on any atom is -0.468 e. The number of ether oxygens (including phenoxy) is 1. The van der Waals surface area contributed by atoms with Gasteiger partial charge in [0.2, 0.25) is 0 Å². The van der Waals surface area contributed by atoms with Crippen LogP contribution < -0.4 is 5.73 Å². The first kappa shape index (κ1) is 14.1. The van der Waals surface area contributed by atoms with Crippen LogP contribution in [0.4, 0.5) is 0 Å². The van der Waals surface area contributed by atoms with Crippen LogP contribution in [-0.2, 0) is 22.4 Å². The third-order valence-electron chi connectivity index (χ3n) is 4.05. The molecule has 2 N–H and O–H groups in total. The zero-order valence-corrected chi connectivity index (χ0v) is 12.0. The topological polar surface area (TPSA) is 70.1 Å². The number of nitrogens with zero attached hydrogens (tertiary/aromatic N) is 2. The molecular formula is C14H23N3O2. The van der Waals surface area contributed by atoms with Gasteiger partial charge in [-0.25, -0.2) is 0 Å². The molecule has 1 aliphatic carbocycles. The second-order valence-electron chi connectivity index (χ2n) is 5.32. The summed E-state index contributed by atoms with van der Waals surface area (Å²) in [5, 5.41) is 4.64. The smallest absolute Gasteiger partial charge is 0.325 e. The molecule has 106 valence electrons. The Hall–Kier alpha value is -1.36. The standard InChI is InChI=1S/C14H23N3O2/c1-4-10-8-11(5-2)17(16-10)12-6-7-14(15,9-12)13(18)19-3/h8,12H,4-7,9,15H2,1-3H3. The van der Waals surface area contributed by atoms with E-state index in [-0.39, 0.29) is 12.0 Å². The van der Waals surface area contributed by atoms with Crippen LogP contribution >= 0.6 is 0 Å². The quantitative estimate of drug-likeness (QED) is 0.840. The van der Waals surface area contributed by atoms with E-state index in [0.717, 1.165) is 25.0 Å². The van der Waals surface area contributed by atoms with Crippen molar-refractivity contribution < 1.29 is 9.53 Å². The molecule has 0 radical (unpaired) electrons. The Bertz CT molecular complexity index is 469. The number of carbonyl (C=O) groups excluding carboxylic acids is 1. The van der Waals surface area contributed by atoms with Crippen LogP contribution in [-0.4, -0.2) is 28.4 Å². The van der Waals surface area contributed by atoms with Crippen molar-refractivity contribution in [1.82, 2.24) is 9.78 Å². The monoisotopic (exact) mass is 265 g/mol. The summed E-state index contributed by atoms with van der Waals surface area (Å²) in [4.78, 5) is 11.8. The number of hydrogen-bond donors (Lipinski definition) is 1. The van der Waals surface area contributed by atoms with E-state index in [4.69, 9.17) is 10.5 Å². The molecule has 0 spiro atoms. The van der Waals surface area contributed by atoms with Crippen molar-refractivity contribution in [2.24, 2.45) is 5.73 Å². The summed E-state index contributed by atoms with van der Waals surface area (Å²) in [6.07, 6.45) is 4.02. The van der Waals surface area contributed by atoms with Gasteiger partial charge in [-0.2, -0.15) is 5.10 Å². The Labute approximate surface area is 114 Å². The van der Waals surface area contributed by atoms with Crippen molar-refractivity contribution in [3.63, 3.8) is 0 Å². The van der Waals surface area contributed by atoms with Gasteiger partial charge in [0.15, 0.2) is 0 Å². The molecule has 1 aromatic rings. The van der Waals surface area contributed by atoms with Crippen LogP contribution in [0.1, 0.15) is 50.5 Å². The highest BCUT2D eigenvalue weighted by Gasteiger charge is 2.44. The lowest BCUT2D eigenvalue weighted by Gasteiger charge is -2.21. The van der Waals surface area contributed by atoms with E-state index < -0.39 is 5.54 Å². The summed E-state index contributed by atoms with van der Waals surface area (Å²) in [5.41, 5.74) is 7.63. The normalized spacial score (nSPS) is 26.6. The highest BCUT2D eigenvalue weighted by molar-refractivity contribution is 5.80. The molecule has 5 nitrogen and oxygen atoms in total. The number of aromatic nitrogens is 2. The van der Waals surface area contributed by atoms with Crippen LogP contribution in [0.3, 0.4) is 0 Å². The average Bonchev–Trinajstić information content (AvgIpc) is 3.01. The lowest BCUT2D eigenvalue weighted by molar-refractivity contribution is -0.146. The lowest BCUT2D eigenvalue weighted by atomic mass is 9.99. The van der Waals surface area contributed by atoms with Gasteiger partial charge in [-0.1, -0.05) is 13.8 Å². The first-order valence-corrected chi connectivity index (χ1v) is 6.98. The van der Waals surface area contributed by atoms with Crippen molar-refractivity contribution in [1.29, 1.82) is 0 Å². The number of methoxy groups -OCH3 is 1. The molecule has 1 saturated carbocycles. The Morgan fingerprint density at radius 1 is 1.58 bits per heavy atom. The number of aryl methyl sites for hydroxylation is 2. The van der Waals surface area contributed by atoms with E-state index in [1.807, 2.05) is 0 Å². The van der Waals surface area contributed by atoms with E-state index in [0.29, 0.717) is 12.8 Å². The van der Waals surface area contributed by atoms with Crippen LogP contribution in [0.5, 0.6) is 0 Å². The largest absolute Gasteiger partial charge is 0.468 e. The van der Waals surface area contributed by atoms with Crippen LogP contribution in [0.2, 0.25) is 0 Å². The number of nitrogens with two attached hydrogens (primary N) is 1. The number of hydrogen-bond acceptors (Lipinski definition) is 4. The zero-order chi connectivity index (χ0) is 14.0. The maximum Gasteiger partial charge on any atom is 0.325 e. The first-order valence-electron chi connectivity index (χ1n) is 6.98. The predicted molar refractivity (Wildman–Crippen MR) is 72.8 cm³/mol. The van der Waals surface area contributed by atoms with Crippen LogP contribution in [0.25, 0.3) is 0 Å². The molecule has 5 heteroatoms. The van der Waals surface area contributed by atoms with E-state index in [2.05, 4.69) is 29.7 Å². The number of rotatable bonds is 4. The van der Waals surface area contributed by atoms with Crippen molar-refractivity contribution in [3.8, 4) is 0 Å². The molecule has 2 rings (SSSR count). The molecule has 1 heterocycles. The SMILES string of the molecule is CCc1cc(CC)n(C2CCC(N)(C(=O)OC)C2)n1. The Balaban J connectivity index is 2.21. The van der Waals surface area contributed by atoms with E-state index >= 15 is 0 Å². The van der Waals surface area contributed by atoms with Crippen molar-refractivity contribution >= 4 is 5.97 Å². The molecule has 1 aromatic heterocycles. The van der Waals surface area contributed by atoms with Gasteiger partial charge in [-0.15, -0.1) is 0 Å². The molecule has 1 aliphatic rings. The Morgan fingerprint density at radius 2 is 2.32 bits per heavy atom. The zero-order valence-electron chi connectivity index (χ0n) is 12.0. The molecule has 0 aliphatic heterocycles. The van der Waals surface area contributed by atoms with Gasteiger partial charge < -0.3 is 10.5 Å². The van der Waals surface area contributed by atoms with Crippen molar-refractivity contribution in [2.45, 2.75) is 57.5 Å². The van der Waals surface area contributed by atoms with Gasteiger partial charge in [0.25, 0.3) is 0 Å². The van der Waals surface area contributed by atoms with Crippen molar-refractivity contribution in [2.75, 3.05) is 7.11 Å². The molecule has 2 unspecified atom stereocenters. The summed E-state index contributed by atoms with van der Waals surface area (Å²) >= 11 is 0. The predicted octanol–water partition coefficient (Wildman–Crippen LogP) is 1.60. The third kappa shape index (κ3) is 2.52. The van der Waals surface area contributed by atoms with Crippen LogP contribution in [0.15, 0.2) is 6.07 Å². The summed E-state index contributed by atoms with van der Waals surface area (Å²) in [7, 11) is 1.39. The fourth-order valence-electron chi connectivity index (χ4n) is 2.89. The highest BCUT2D eigenvalue weighted by atomic mass is 16.5. The van der Waals surface area contributed by atoms with Gasteiger partial charge in [0.05, 0.1) is 18.8 Å². The molecular weight excluding hydrogens is 242 g/mol. The summed E-state index contributed by atoms with van der Waals surface area (Å²) in [6, 6.07) is 2.36. The van der Waals surface area contributed by atoms with Gasteiger partial charge >= 0.3 is 5.97 Å². The molecule has 0 aromatic carbocycles. The first-order chi connectivity index (χ1) is 9.04. The van der Waals surface area contributed by atoms with Crippen LogP contribution in [0, 0.1) is 0 Å². The highest BCUT2D eigenvalue weighted by Crippen LogP contribution is 2.37. The molecule has 19 heavy (non-hydrogen) atoms. The van der Waals surface area contributed by atoms with E-state index in [1.165, 1.54) is 12.8 Å². The summed E-state index contributed by atoms with van der Waals surface area (Å²) in [5.74, 6) is -0.309. The number of carbonyl (C=O) groups is 1. The summed E-state index contributed by atoms with van der Waals surface area (Å²) in [6.45, 7) is 4.22. The Kier molecular flexibility index (Phi) is 3.94. The fraction of sp³-hybridized carbons (Fsp3) is 0.714. The molecule has 0 bridgehead atoms. The minimum absolute atomic E-state index is 0.208. The summed E-state index contributed by atoms with van der Waals surface area (Å²) < 4.78 is 6.88. The van der Waals surface area contributed by atoms with Gasteiger partial charge in [0.1, 0.15) is 5.54 Å². The third-order valence-corrected chi connectivity index (χ3v) is 4.05. The lowest BCUT2D eigenvalue weighted by Crippen LogP contribution is -2.46. The average molecular weight is 265 g/mol.